The summed E-state index contributed by atoms with van der Waals surface area (Å²) in [5, 5.41) is 58.7. The van der Waals surface area contributed by atoms with E-state index in [9.17, 15) is 57.9 Å². The maximum atomic E-state index is 13.1. The van der Waals surface area contributed by atoms with Gasteiger partial charge in [0, 0.05) is 41.0 Å². The summed E-state index contributed by atoms with van der Waals surface area (Å²) in [4.78, 5) is 17.1. The van der Waals surface area contributed by atoms with Crippen LogP contribution in [0, 0.1) is 40.9 Å². The first-order valence-corrected chi connectivity index (χ1v) is 33.7. The van der Waals surface area contributed by atoms with Gasteiger partial charge in [-0.3, -0.25) is 20.9 Å². The number of azo groups is 2. The van der Waals surface area contributed by atoms with Crippen molar-refractivity contribution in [3.63, 3.8) is 0 Å². The van der Waals surface area contributed by atoms with Gasteiger partial charge in [-0.05, 0) is 115 Å². The number of nitriles is 3. The summed E-state index contributed by atoms with van der Waals surface area (Å²) in [5.74, 6) is -0.596. The molecule has 3 aromatic heterocycles. The van der Waals surface area contributed by atoms with E-state index in [1.165, 1.54) is 54.6 Å². The Balaban J connectivity index is 1.21. The molecule has 464 valence electrons. The Kier molecular flexibility index (Phi) is 20.7. The number of aromatic nitrogens is 4. The molecule has 0 saturated heterocycles. The molecular formula is C55H48N14O15S6. The zero-order chi connectivity index (χ0) is 65.2. The molecule has 0 bridgehead atoms. The van der Waals surface area contributed by atoms with Crippen molar-refractivity contribution in [2.24, 2.45) is 20.5 Å². The largest absolute Gasteiger partial charge is 0.339 e. The second-order valence-electron chi connectivity index (χ2n) is 18.3. The second-order valence-corrected chi connectivity index (χ2v) is 28.0. The molecular weight excluding hydrogens is 1290 g/mol. The molecule has 0 spiro atoms. The van der Waals surface area contributed by atoms with E-state index in [-0.39, 0.29) is 117 Å². The topological polar surface area (TPSA) is 425 Å². The van der Waals surface area contributed by atoms with Crippen LogP contribution in [-0.4, -0.2) is 103 Å². The van der Waals surface area contributed by atoms with Crippen molar-refractivity contribution in [1.82, 2.24) is 19.9 Å². The van der Waals surface area contributed by atoms with Gasteiger partial charge in [0.15, 0.2) is 16.6 Å². The first kappa shape index (κ1) is 66.5. The molecule has 35 heteroatoms. The fraction of sp³-hybridized carbons (Fsp3) is 0.182. The van der Waals surface area contributed by atoms with Crippen LogP contribution in [0.3, 0.4) is 0 Å². The molecule has 0 fully saturated rings. The van der Waals surface area contributed by atoms with E-state index in [1.807, 2.05) is 0 Å². The van der Waals surface area contributed by atoms with Gasteiger partial charge in [-0.15, -0.1) is 20.5 Å². The van der Waals surface area contributed by atoms with Crippen LogP contribution in [0.1, 0.15) is 45.9 Å². The predicted octanol–water partition coefficient (Wildman–Crippen LogP) is 9.82. The van der Waals surface area contributed by atoms with Gasteiger partial charge >= 0.3 is 0 Å². The van der Waals surface area contributed by atoms with E-state index < -0.39 is 67.7 Å². The van der Waals surface area contributed by atoms with Crippen LogP contribution in [0.15, 0.2) is 155 Å². The number of hydrogen-bond acceptors (Lipinski definition) is 30. The van der Waals surface area contributed by atoms with Crippen molar-refractivity contribution < 1.29 is 63.0 Å². The molecule has 0 aliphatic rings. The maximum absolute atomic E-state index is 13.1. The molecule has 3 N–H and O–H groups in total. The normalized spacial score (nSPS) is 12.2. The third-order valence-corrected chi connectivity index (χ3v) is 20.3. The molecule has 29 nitrogen and oxygen atoms in total. The van der Waals surface area contributed by atoms with Gasteiger partial charge in [0.2, 0.25) is 5.95 Å². The fourth-order valence-electron chi connectivity index (χ4n) is 8.28. The molecule has 3 heterocycles. The monoisotopic (exact) mass is 1340 g/mol. The van der Waals surface area contributed by atoms with Crippen molar-refractivity contribution >= 4 is 118 Å². The van der Waals surface area contributed by atoms with Gasteiger partial charge in [0.1, 0.15) is 51.8 Å². The van der Waals surface area contributed by atoms with E-state index in [2.05, 4.69) is 86.3 Å². The highest BCUT2D eigenvalue weighted by molar-refractivity contribution is 7.87. The molecule has 0 atom stereocenters. The highest BCUT2D eigenvalue weighted by Crippen LogP contribution is 2.49. The number of nitrogens with one attached hydrogen (secondary N) is 3. The van der Waals surface area contributed by atoms with Gasteiger partial charge in [0.05, 0.1) is 72.0 Å². The van der Waals surface area contributed by atoms with Crippen molar-refractivity contribution in [3.05, 3.63) is 155 Å². The standard InChI is InChI=1S/C55H48N14O15S6/c1-33-43(31-57)51(59-37-17-21-40(22-18-37)87(72,73)81-3)65-52(60-38-19-23-41(24-20-38)88(74,75)82-4)50(33)67-68-53-44(32-58)49(54(85-53)69-66-45-11-8-7-10-35(45)30-56)34-13-15-39(16-14-34)61-55-63-47(12-9-27-86(70,71)80-2)62-48(64-55)29-36-28-42(89(76,77)83-5)25-26-46(36)90(78,79)84-6/h7-8,10-11,13-26,28H,9,12,27,29H2,1-6H3,(H2,59,60,65)(H,61,62,63,64). The molecule has 0 radical (unpaired) electrons. The van der Waals surface area contributed by atoms with Crippen LogP contribution in [0.25, 0.3) is 11.1 Å². The van der Waals surface area contributed by atoms with Gasteiger partial charge in [-0.1, -0.05) is 35.6 Å². The minimum absolute atomic E-state index is 0.0149. The molecule has 90 heavy (non-hydrogen) atoms. The molecule has 5 aromatic carbocycles. The minimum Gasteiger partial charge on any atom is -0.339 e. The number of rotatable bonds is 26. The minimum atomic E-state index is -4.44. The second kappa shape index (κ2) is 28.0. The third-order valence-electron chi connectivity index (χ3n) is 12.9. The summed E-state index contributed by atoms with van der Waals surface area (Å²) in [6, 6.07) is 33.0. The average molecular weight is 1340 g/mol. The summed E-state index contributed by atoms with van der Waals surface area (Å²) in [7, 11) is -15.9. The van der Waals surface area contributed by atoms with Crippen molar-refractivity contribution in [2.75, 3.05) is 57.3 Å². The number of aryl methyl sites for hydroxylation is 1. The van der Waals surface area contributed by atoms with Gasteiger partial charge < -0.3 is 16.0 Å². The summed E-state index contributed by atoms with van der Waals surface area (Å²) >= 11 is 0.887. The number of nitrogens with zero attached hydrogens (tertiary/aromatic N) is 11. The lowest BCUT2D eigenvalue weighted by Gasteiger charge is -2.16. The van der Waals surface area contributed by atoms with Crippen LogP contribution in [-0.2, 0) is 84.3 Å². The molecule has 0 aliphatic carbocycles. The van der Waals surface area contributed by atoms with Gasteiger partial charge in [0.25, 0.3) is 50.6 Å². The van der Waals surface area contributed by atoms with Gasteiger partial charge in [-0.2, -0.15) is 67.8 Å². The maximum Gasteiger partial charge on any atom is 0.296 e. The Morgan fingerprint density at radius 3 is 1.63 bits per heavy atom. The SMILES string of the molecule is COS(=O)(=O)CCCc1nc(Cc2cc(S(=O)(=O)OC)ccc2S(=O)(=O)OC)nc(Nc2ccc(-c3c(N=Nc4ccccc4C#N)sc(N=Nc4c(Nc5ccc(S(=O)(=O)OC)cc5)nc(Nc5ccc(S(=O)(=O)OC)cc5)c(C#N)c4C)c3C#N)cc2)n1. The Hall–Kier alpha value is -9.42. The highest BCUT2D eigenvalue weighted by atomic mass is 32.2. The van der Waals surface area contributed by atoms with E-state index in [0.717, 1.165) is 65.1 Å². The lowest BCUT2D eigenvalue weighted by molar-refractivity contribution is 0.394. The lowest BCUT2D eigenvalue weighted by Crippen LogP contribution is -2.13. The molecule has 0 unspecified atom stereocenters. The van der Waals surface area contributed by atoms with E-state index in [1.54, 1.807) is 49.4 Å². The zero-order valence-electron chi connectivity index (χ0n) is 47.8. The summed E-state index contributed by atoms with van der Waals surface area (Å²) < 4.78 is 149. The Bertz CT molecular complexity index is 4860. The third kappa shape index (κ3) is 15.5. The number of hydrogen-bond donors (Lipinski definition) is 3. The van der Waals surface area contributed by atoms with Crippen LogP contribution in [0.5, 0.6) is 0 Å². The summed E-state index contributed by atoms with van der Waals surface area (Å²) in [5.41, 5.74) is 1.89. The van der Waals surface area contributed by atoms with Crippen molar-refractivity contribution in [1.29, 1.82) is 15.8 Å². The van der Waals surface area contributed by atoms with Crippen molar-refractivity contribution in [3.8, 4) is 29.3 Å². The van der Waals surface area contributed by atoms with Crippen LogP contribution < -0.4 is 16.0 Å². The Labute approximate surface area is 521 Å². The van der Waals surface area contributed by atoms with E-state index in [4.69, 9.17) is 9.17 Å². The van der Waals surface area contributed by atoms with Crippen LogP contribution >= 0.6 is 11.3 Å². The molecule has 8 aromatic rings. The quantitative estimate of drug-likeness (QED) is 0.0335. The zero-order valence-corrected chi connectivity index (χ0v) is 52.7. The predicted molar refractivity (Wildman–Crippen MR) is 325 cm³/mol. The number of benzene rings is 5. The number of pyridine rings is 1. The molecule has 0 saturated carbocycles. The molecule has 0 amide bonds. The lowest BCUT2D eigenvalue weighted by atomic mass is 10.0. The smallest absolute Gasteiger partial charge is 0.296 e. The number of thiophene rings is 1. The molecule has 8 rings (SSSR count). The highest BCUT2D eigenvalue weighted by Gasteiger charge is 2.26. The molecule has 0 aliphatic heterocycles. The van der Waals surface area contributed by atoms with Crippen LogP contribution in [0.2, 0.25) is 0 Å². The van der Waals surface area contributed by atoms with Crippen molar-refractivity contribution in [2.45, 2.75) is 45.8 Å². The van der Waals surface area contributed by atoms with E-state index in [0.29, 0.717) is 16.9 Å². The number of anilines is 6. The first-order valence-electron chi connectivity index (χ1n) is 25.6. The van der Waals surface area contributed by atoms with E-state index >= 15 is 0 Å². The Morgan fingerprint density at radius 1 is 0.522 bits per heavy atom. The average Bonchev–Trinajstić information content (AvgIpc) is 1.41. The summed E-state index contributed by atoms with van der Waals surface area (Å²) in [6.07, 6.45) is -0.481. The first-order chi connectivity index (χ1) is 42.8. The summed E-state index contributed by atoms with van der Waals surface area (Å²) in [6.45, 7) is 1.55. The fourth-order valence-corrected chi connectivity index (χ4v) is 12.8. The van der Waals surface area contributed by atoms with Crippen LogP contribution in [0.4, 0.5) is 56.0 Å². The van der Waals surface area contributed by atoms with Gasteiger partial charge in [-0.25, -0.2) is 9.97 Å². The Morgan fingerprint density at radius 2 is 1.06 bits per heavy atom.